The zero-order valence-corrected chi connectivity index (χ0v) is 22.1. The molecular weight excluding hydrogens is 498 g/mol. The number of likely N-dealkylation sites (N-methyl/N-ethyl adjacent to an activating group) is 1. The fourth-order valence-electron chi connectivity index (χ4n) is 3.72. The summed E-state index contributed by atoms with van der Waals surface area (Å²) in [5.74, 6) is -0.873. The first-order valence-corrected chi connectivity index (χ1v) is 13.4. The van der Waals surface area contributed by atoms with Crippen molar-refractivity contribution in [2.75, 3.05) is 17.9 Å². The first-order chi connectivity index (χ1) is 17.2. The van der Waals surface area contributed by atoms with Gasteiger partial charge in [0.05, 0.1) is 10.6 Å². The molecule has 3 aromatic carbocycles. The predicted molar refractivity (Wildman–Crippen MR) is 142 cm³/mol. The minimum Gasteiger partial charge on any atom is -0.357 e. The molecule has 1 N–H and O–H groups in total. The van der Waals surface area contributed by atoms with Crippen LogP contribution in [0.15, 0.2) is 83.8 Å². The molecule has 3 rings (SSSR count). The van der Waals surface area contributed by atoms with Crippen molar-refractivity contribution in [3.8, 4) is 0 Å². The molecule has 0 saturated heterocycles. The van der Waals surface area contributed by atoms with E-state index < -0.39 is 28.5 Å². The van der Waals surface area contributed by atoms with Crippen LogP contribution in [0.5, 0.6) is 0 Å². The third-order valence-corrected chi connectivity index (χ3v) is 7.96. The van der Waals surface area contributed by atoms with Crippen molar-refractivity contribution in [3.63, 3.8) is 0 Å². The molecular formula is C27H30ClN3O4S. The molecule has 0 fully saturated rings. The number of rotatable bonds is 10. The molecule has 0 aliphatic heterocycles. The SMILES string of the molecule is CCc1ccc(N(CC(=O)N(Cc2ccc(Cl)cc2)[C@@H](C)C(=O)NC)S(=O)(=O)c2ccccc2)cc1. The third kappa shape index (κ3) is 6.44. The van der Waals surface area contributed by atoms with E-state index in [0.29, 0.717) is 10.7 Å². The van der Waals surface area contributed by atoms with Crippen LogP contribution in [0, 0.1) is 0 Å². The van der Waals surface area contributed by atoms with E-state index in [1.807, 2.05) is 19.1 Å². The van der Waals surface area contributed by atoms with Crippen LogP contribution in [0.4, 0.5) is 5.69 Å². The highest BCUT2D eigenvalue weighted by molar-refractivity contribution is 7.92. The number of halogens is 1. The van der Waals surface area contributed by atoms with Gasteiger partial charge in [0.25, 0.3) is 10.0 Å². The Morgan fingerprint density at radius 1 is 0.917 bits per heavy atom. The van der Waals surface area contributed by atoms with Gasteiger partial charge in [-0.05, 0) is 60.9 Å². The smallest absolute Gasteiger partial charge is 0.264 e. The van der Waals surface area contributed by atoms with E-state index in [9.17, 15) is 18.0 Å². The highest BCUT2D eigenvalue weighted by Crippen LogP contribution is 2.25. The zero-order chi connectivity index (χ0) is 26.3. The molecule has 0 saturated carbocycles. The Bertz CT molecular complexity index is 1280. The van der Waals surface area contributed by atoms with Gasteiger partial charge in [-0.2, -0.15) is 0 Å². The monoisotopic (exact) mass is 527 g/mol. The van der Waals surface area contributed by atoms with Gasteiger partial charge in [0, 0.05) is 18.6 Å². The third-order valence-electron chi connectivity index (χ3n) is 5.92. The zero-order valence-electron chi connectivity index (χ0n) is 20.5. The number of carbonyl (C=O) groups excluding carboxylic acids is 2. The van der Waals surface area contributed by atoms with Crippen LogP contribution in [0.1, 0.15) is 25.0 Å². The second-order valence-corrected chi connectivity index (χ2v) is 10.6. The average Bonchev–Trinajstić information content (AvgIpc) is 2.90. The van der Waals surface area contributed by atoms with Crippen molar-refractivity contribution in [3.05, 3.63) is 95.0 Å². The lowest BCUT2D eigenvalue weighted by Crippen LogP contribution is -2.50. The van der Waals surface area contributed by atoms with Crippen molar-refractivity contribution in [1.29, 1.82) is 0 Å². The van der Waals surface area contributed by atoms with E-state index in [0.717, 1.165) is 21.9 Å². The number of anilines is 1. The van der Waals surface area contributed by atoms with Crippen molar-refractivity contribution in [2.24, 2.45) is 0 Å². The van der Waals surface area contributed by atoms with E-state index in [4.69, 9.17) is 11.6 Å². The molecule has 1 atom stereocenters. The van der Waals surface area contributed by atoms with Crippen LogP contribution in [-0.4, -0.2) is 44.8 Å². The lowest BCUT2D eigenvalue weighted by molar-refractivity contribution is -0.139. The summed E-state index contributed by atoms with van der Waals surface area (Å²) in [5.41, 5.74) is 2.16. The molecule has 0 unspecified atom stereocenters. The van der Waals surface area contributed by atoms with Gasteiger partial charge in [-0.15, -0.1) is 0 Å². The average molecular weight is 528 g/mol. The van der Waals surface area contributed by atoms with Crippen LogP contribution < -0.4 is 9.62 Å². The first kappa shape index (κ1) is 27.2. The summed E-state index contributed by atoms with van der Waals surface area (Å²) < 4.78 is 28.4. The normalized spacial score (nSPS) is 12.0. The standard InChI is InChI=1S/C27H30ClN3O4S/c1-4-21-12-16-24(17-13-21)31(36(34,35)25-8-6-5-7-9-25)19-26(32)30(20(2)27(33)29-3)18-22-10-14-23(28)15-11-22/h5-17,20H,4,18-19H2,1-3H3,(H,29,33)/t20-/m0/s1. The Morgan fingerprint density at radius 3 is 2.06 bits per heavy atom. The lowest BCUT2D eigenvalue weighted by atomic mass is 10.1. The molecule has 7 nitrogen and oxygen atoms in total. The van der Waals surface area contributed by atoms with Gasteiger partial charge in [-0.1, -0.05) is 61.0 Å². The van der Waals surface area contributed by atoms with Crippen LogP contribution >= 0.6 is 11.6 Å². The molecule has 2 amide bonds. The number of nitrogens with one attached hydrogen (secondary N) is 1. The van der Waals surface area contributed by atoms with Gasteiger partial charge in [0.1, 0.15) is 12.6 Å². The number of nitrogens with zero attached hydrogens (tertiary/aromatic N) is 2. The number of hydrogen-bond acceptors (Lipinski definition) is 4. The maximum absolute atomic E-state index is 13.7. The molecule has 0 aliphatic carbocycles. The molecule has 0 bridgehead atoms. The maximum atomic E-state index is 13.7. The highest BCUT2D eigenvalue weighted by atomic mass is 35.5. The fraction of sp³-hybridized carbons (Fsp3) is 0.259. The molecule has 0 aliphatic rings. The number of benzene rings is 3. The van der Waals surface area contributed by atoms with Crippen molar-refractivity contribution < 1.29 is 18.0 Å². The Kier molecular flexibility index (Phi) is 9.12. The number of sulfonamides is 1. The number of hydrogen-bond donors (Lipinski definition) is 1. The lowest BCUT2D eigenvalue weighted by Gasteiger charge is -2.31. The van der Waals surface area contributed by atoms with Crippen LogP contribution in [0.2, 0.25) is 5.02 Å². The number of carbonyl (C=O) groups is 2. The number of amides is 2. The topological polar surface area (TPSA) is 86.8 Å². The molecule has 9 heteroatoms. The Hall–Kier alpha value is -3.36. The quantitative estimate of drug-likeness (QED) is 0.427. The van der Waals surface area contributed by atoms with E-state index in [-0.39, 0.29) is 17.3 Å². The van der Waals surface area contributed by atoms with Gasteiger partial charge < -0.3 is 10.2 Å². The van der Waals surface area contributed by atoms with Gasteiger partial charge in [-0.3, -0.25) is 13.9 Å². The van der Waals surface area contributed by atoms with Crippen LogP contribution in [-0.2, 0) is 32.6 Å². The van der Waals surface area contributed by atoms with E-state index >= 15 is 0 Å². The molecule has 0 radical (unpaired) electrons. The van der Waals surface area contributed by atoms with E-state index in [1.54, 1.807) is 61.5 Å². The first-order valence-electron chi connectivity index (χ1n) is 11.6. The Balaban J connectivity index is 2.01. The van der Waals surface area contributed by atoms with Gasteiger partial charge in [0.15, 0.2) is 0 Å². The van der Waals surface area contributed by atoms with E-state index in [1.165, 1.54) is 24.1 Å². The second-order valence-electron chi connectivity index (χ2n) is 8.28. The molecule has 0 aromatic heterocycles. The van der Waals surface area contributed by atoms with Crippen molar-refractivity contribution in [2.45, 2.75) is 37.8 Å². The Labute approximate surface area is 217 Å². The minimum absolute atomic E-state index is 0.0703. The van der Waals surface area contributed by atoms with Gasteiger partial charge in [-0.25, -0.2) is 8.42 Å². The minimum atomic E-state index is -4.06. The molecule has 0 spiro atoms. The van der Waals surface area contributed by atoms with Crippen LogP contribution in [0.25, 0.3) is 0 Å². The largest absolute Gasteiger partial charge is 0.357 e. The van der Waals surface area contributed by atoms with Crippen molar-refractivity contribution >= 4 is 39.1 Å². The maximum Gasteiger partial charge on any atom is 0.264 e. The summed E-state index contributed by atoms with van der Waals surface area (Å²) in [5, 5.41) is 3.11. The van der Waals surface area contributed by atoms with E-state index in [2.05, 4.69) is 5.32 Å². The van der Waals surface area contributed by atoms with Gasteiger partial charge >= 0.3 is 0 Å². The highest BCUT2D eigenvalue weighted by Gasteiger charge is 2.32. The summed E-state index contributed by atoms with van der Waals surface area (Å²) >= 11 is 5.99. The summed E-state index contributed by atoms with van der Waals surface area (Å²) in [6.07, 6.45) is 0.795. The fourth-order valence-corrected chi connectivity index (χ4v) is 5.29. The van der Waals surface area contributed by atoms with Crippen molar-refractivity contribution in [1.82, 2.24) is 10.2 Å². The molecule has 3 aromatic rings. The number of aryl methyl sites for hydroxylation is 1. The molecule has 190 valence electrons. The Morgan fingerprint density at radius 2 is 1.50 bits per heavy atom. The molecule has 0 heterocycles. The predicted octanol–water partition coefficient (Wildman–Crippen LogP) is 4.26. The van der Waals surface area contributed by atoms with Crippen LogP contribution in [0.3, 0.4) is 0 Å². The second kappa shape index (κ2) is 12.1. The summed E-state index contributed by atoms with van der Waals surface area (Å²) in [6.45, 7) is 3.25. The summed E-state index contributed by atoms with van der Waals surface area (Å²) in [4.78, 5) is 27.6. The van der Waals surface area contributed by atoms with Gasteiger partial charge in [0.2, 0.25) is 11.8 Å². The summed E-state index contributed by atoms with van der Waals surface area (Å²) in [7, 11) is -2.57. The molecule has 36 heavy (non-hydrogen) atoms. The summed E-state index contributed by atoms with van der Waals surface area (Å²) in [6, 6.07) is 21.1.